The lowest BCUT2D eigenvalue weighted by Gasteiger charge is -2.26. The maximum atomic E-state index is 6.43. The zero-order valence-electron chi connectivity index (χ0n) is 12.1. The number of piperidine rings is 1. The van der Waals surface area contributed by atoms with Crippen LogP contribution < -0.4 is 15.8 Å². The van der Waals surface area contributed by atoms with Crippen LogP contribution in [0.25, 0.3) is 0 Å². The molecule has 1 saturated heterocycles. The van der Waals surface area contributed by atoms with Gasteiger partial charge in [0.2, 0.25) is 0 Å². The number of hydrogen-bond donors (Lipinski definition) is 2. The number of benzene rings is 1. The molecule has 1 unspecified atom stereocenters. The number of aryl methyl sites for hydroxylation is 1. The molecule has 3 N–H and O–H groups in total. The smallest absolute Gasteiger partial charge is 0.123 e. The molecule has 0 radical (unpaired) electrons. The van der Waals surface area contributed by atoms with E-state index in [1.807, 2.05) is 0 Å². The maximum Gasteiger partial charge on any atom is 0.123 e. The fourth-order valence-corrected chi connectivity index (χ4v) is 2.90. The highest BCUT2D eigenvalue weighted by Crippen LogP contribution is 2.31. The van der Waals surface area contributed by atoms with Crippen LogP contribution in [0.5, 0.6) is 5.75 Å². The molecule has 1 atom stereocenters. The third-order valence-electron chi connectivity index (χ3n) is 4.15. The lowest BCUT2D eigenvalue weighted by molar-refractivity contribution is 0.328. The summed E-state index contributed by atoms with van der Waals surface area (Å²) in [5.74, 6) is 1.67. The van der Waals surface area contributed by atoms with E-state index in [1.165, 1.54) is 24.0 Å². The van der Waals surface area contributed by atoms with Gasteiger partial charge in [0, 0.05) is 11.6 Å². The number of nitrogens with one attached hydrogen (secondary N) is 1. The third-order valence-corrected chi connectivity index (χ3v) is 4.15. The Bertz CT molecular complexity index is 400. The Morgan fingerprint density at radius 2 is 2.11 bits per heavy atom. The van der Waals surface area contributed by atoms with E-state index in [9.17, 15) is 0 Å². The van der Waals surface area contributed by atoms with E-state index in [1.54, 1.807) is 7.11 Å². The second kappa shape index (κ2) is 6.92. The summed E-state index contributed by atoms with van der Waals surface area (Å²) in [6.07, 6.45) is 4.58. The Kier molecular flexibility index (Phi) is 5.23. The number of ether oxygens (including phenoxy) is 1. The summed E-state index contributed by atoms with van der Waals surface area (Å²) in [5, 5.41) is 3.40. The molecule has 1 aliphatic heterocycles. The molecule has 0 spiro atoms. The highest BCUT2D eigenvalue weighted by Gasteiger charge is 2.19. The first-order valence-corrected chi connectivity index (χ1v) is 7.37. The Labute approximate surface area is 116 Å². The van der Waals surface area contributed by atoms with Gasteiger partial charge in [-0.2, -0.15) is 0 Å². The Hall–Kier alpha value is -1.06. The highest BCUT2D eigenvalue weighted by atomic mass is 16.5. The maximum absolute atomic E-state index is 6.43. The molecule has 3 heteroatoms. The van der Waals surface area contributed by atoms with E-state index in [0.29, 0.717) is 0 Å². The van der Waals surface area contributed by atoms with Gasteiger partial charge in [-0.05, 0) is 56.3 Å². The predicted molar refractivity (Wildman–Crippen MR) is 79.5 cm³/mol. The van der Waals surface area contributed by atoms with Crippen LogP contribution in [0.1, 0.15) is 43.4 Å². The molecular formula is C16H26N2O. The summed E-state index contributed by atoms with van der Waals surface area (Å²) in [6.45, 7) is 4.43. The SMILES string of the molecule is CCc1ccc(OC)c(C(N)CC2CCNCC2)c1. The zero-order valence-corrected chi connectivity index (χ0v) is 12.1. The molecule has 0 aliphatic carbocycles. The minimum atomic E-state index is 0.0875. The fraction of sp³-hybridized carbons (Fsp3) is 0.625. The van der Waals surface area contributed by atoms with Crippen LogP contribution >= 0.6 is 0 Å². The normalized spacial score (nSPS) is 18.3. The van der Waals surface area contributed by atoms with Crippen LogP contribution in [0.2, 0.25) is 0 Å². The standard InChI is InChI=1S/C16H26N2O/c1-3-12-4-5-16(19-2)14(10-12)15(17)11-13-6-8-18-9-7-13/h4-5,10,13,15,18H,3,6-9,11,17H2,1-2H3. The van der Waals surface area contributed by atoms with Crippen LogP contribution in [-0.4, -0.2) is 20.2 Å². The Morgan fingerprint density at radius 3 is 2.74 bits per heavy atom. The summed E-state index contributed by atoms with van der Waals surface area (Å²) >= 11 is 0. The largest absolute Gasteiger partial charge is 0.496 e. The molecular weight excluding hydrogens is 236 g/mol. The molecule has 1 aliphatic rings. The van der Waals surface area contributed by atoms with Crippen molar-refractivity contribution in [2.75, 3.05) is 20.2 Å². The molecule has 2 rings (SSSR count). The summed E-state index contributed by atoms with van der Waals surface area (Å²) in [5.41, 5.74) is 8.92. The van der Waals surface area contributed by atoms with Gasteiger partial charge in [0.1, 0.15) is 5.75 Å². The molecule has 0 aromatic heterocycles. The molecule has 19 heavy (non-hydrogen) atoms. The van der Waals surface area contributed by atoms with Crippen molar-refractivity contribution in [3.05, 3.63) is 29.3 Å². The van der Waals surface area contributed by atoms with Gasteiger partial charge in [0.05, 0.1) is 7.11 Å². The highest BCUT2D eigenvalue weighted by molar-refractivity contribution is 5.39. The van der Waals surface area contributed by atoms with Crippen LogP contribution in [0.4, 0.5) is 0 Å². The lowest BCUT2D eigenvalue weighted by atomic mass is 9.88. The lowest BCUT2D eigenvalue weighted by Crippen LogP contribution is -2.29. The van der Waals surface area contributed by atoms with E-state index >= 15 is 0 Å². The van der Waals surface area contributed by atoms with Crippen LogP contribution in [0.15, 0.2) is 18.2 Å². The first-order chi connectivity index (χ1) is 9.24. The molecule has 1 fully saturated rings. The average molecular weight is 262 g/mol. The molecule has 1 aromatic rings. The number of rotatable bonds is 5. The van der Waals surface area contributed by atoms with Gasteiger partial charge in [0.25, 0.3) is 0 Å². The van der Waals surface area contributed by atoms with Crippen molar-refractivity contribution in [3.63, 3.8) is 0 Å². The summed E-state index contributed by atoms with van der Waals surface area (Å²) in [6, 6.07) is 6.48. The van der Waals surface area contributed by atoms with Gasteiger partial charge in [-0.15, -0.1) is 0 Å². The summed E-state index contributed by atoms with van der Waals surface area (Å²) in [4.78, 5) is 0. The molecule has 106 valence electrons. The molecule has 1 heterocycles. The first kappa shape index (κ1) is 14.4. The van der Waals surface area contributed by atoms with Gasteiger partial charge < -0.3 is 15.8 Å². The summed E-state index contributed by atoms with van der Waals surface area (Å²) < 4.78 is 5.46. The average Bonchev–Trinajstić information content (AvgIpc) is 2.47. The van der Waals surface area contributed by atoms with Gasteiger partial charge in [0.15, 0.2) is 0 Å². The topological polar surface area (TPSA) is 47.3 Å². The summed E-state index contributed by atoms with van der Waals surface area (Å²) in [7, 11) is 1.72. The van der Waals surface area contributed by atoms with Crippen molar-refractivity contribution in [1.29, 1.82) is 0 Å². The van der Waals surface area contributed by atoms with Crippen molar-refractivity contribution in [3.8, 4) is 5.75 Å². The van der Waals surface area contributed by atoms with Gasteiger partial charge in [-0.25, -0.2) is 0 Å². The second-order valence-corrected chi connectivity index (χ2v) is 5.47. The Morgan fingerprint density at radius 1 is 1.37 bits per heavy atom. The van der Waals surface area contributed by atoms with E-state index in [2.05, 4.69) is 30.4 Å². The number of hydrogen-bond acceptors (Lipinski definition) is 3. The number of methoxy groups -OCH3 is 1. The van der Waals surface area contributed by atoms with Crippen molar-refractivity contribution >= 4 is 0 Å². The minimum absolute atomic E-state index is 0.0875. The van der Waals surface area contributed by atoms with Gasteiger partial charge in [-0.1, -0.05) is 19.1 Å². The second-order valence-electron chi connectivity index (χ2n) is 5.47. The van der Waals surface area contributed by atoms with E-state index in [0.717, 1.165) is 37.6 Å². The van der Waals surface area contributed by atoms with Gasteiger partial charge >= 0.3 is 0 Å². The van der Waals surface area contributed by atoms with Crippen molar-refractivity contribution in [2.45, 2.75) is 38.6 Å². The van der Waals surface area contributed by atoms with Crippen LogP contribution in [-0.2, 0) is 6.42 Å². The van der Waals surface area contributed by atoms with Crippen molar-refractivity contribution in [1.82, 2.24) is 5.32 Å². The third kappa shape index (κ3) is 3.71. The quantitative estimate of drug-likeness (QED) is 0.857. The Balaban J connectivity index is 2.09. The van der Waals surface area contributed by atoms with E-state index < -0.39 is 0 Å². The first-order valence-electron chi connectivity index (χ1n) is 7.37. The fourth-order valence-electron chi connectivity index (χ4n) is 2.90. The molecule has 1 aromatic carbocycles. The molecule has 0 saturated carbocycles. The van der Waals surface area contributed by atoms with Crippen molar-refractivity contribution in [2.24, 2.45) is 11.7 Å². The van der Waals surface area contributed by atoms with Gasteiger partial charge in [-0.3, -0.25) is 0 Å². The molecule has 0 amide bonds. The molecule has 0 bridgehead atoms. The van der Waals surface area contributed by atoms with Crippen molar-refractivity contribution < 1.29 is 4.74 Å². The van der Waals surface area contributed by atoms with E-state index in [-0.39, 0.29) is 6.04 Å². The zero-order chi connectivity index (χ0) is 13.7. The van der Waals surface area contributed by atoms with E-state index in [4.69, 9.17) is 10.5 Å². The van der Waals surface area contributed by atoms with Crippen LogP contribution in [0.3, 0.4) is 0 Å². The predicted octanol–water partition coefficient (Wildman–Crippen LogP) is 2.65. The minimum Gasteiger partial charge on any atom is -0.496 e. The van der Waals surface area contributed by atoms with Crippen LogP contribution in [0, 0.1) is 5.92 Å². The monoisotopic (exact) mass is 262 g/mol. The number of nitrogens with two attached hydrogens (primary N) is 1. The molecule has 3 nitrogen and oxygen atoms in total.